The Hall–Kier alpha value is -3.33. The van der Waals surface area contributed by atoms with Crippen molar-refractivity contribution >= 4 is 48.3 Å². The number of carbonyl (C=O) groups is 2. The number of nitrogens with one attached hydrogen (secondary N) is 1. The van der Waals surface area contributed by atoms with Gasteiger partial charge in [0.15, 0.2) is 10.8 Å². The first-order chi connectivity index (χ1) is 19.4. The minimum atomic E-state index is -1.28. The fourth-order valence-corrected chi connectivity index (χ4v) is 5.93. The molecule has 0 spiro atoms. The molecule has 5 heterocycles. The van der Waals surface area contributed by atoms with Crippen LogP contribution in [0.1, 0.15) is 17.3 Å². The number of nitrogens with two attached hydrogens (primary N) is 1. The second-order valence-corrected chi connectivity index (χ2v) is 17.9. The first-order valence-electron chi connectivity index (χ1n) is 13.5. The van der Waals surface area contributed by atoms with Crippen LogP contribution in [0.15, 0.2) is 35.9 Å². The topological polar surface area (TPSA) is 133 Å². The quantitative estimate of drug-likeness (QED) is 0.162. The Kier molecular flexibility index (Phi) is 8.19. The lowest BCUT2D eigenvalue weighted by Crippen LogP contribution is -2.61. The molecule has 0 bridgehead atoms. The number of halogens is 1. The van der Waals surface area contributed by atoms with Crippen molar-refractivity contribution in [2.75, 3.05) is 26.0 Å². The van der Waals surface area contributed by atoms with Crippen molar-refractivity contribution < 1.29 is 18.7 Å². The van der Waals surface area contributed by atoms with Crippen molar-refractivity contribution in [1.82, 2.24) is 34.1 Å². The molecule has 4 aromatic rings. The zero-order chi connectivity index (χ0) is 29.5. The number of pyridine rings is 1. The molecular weight excluding hydrogens is 564 g/mol. The summed E-state index contributed by atoms with van der Waals surface area (Å²) in [5.74, 6) is -1.02. The molecule has 1 saturated heterocycles. The van der Waals surface area contributed by atoms with Gasteiger partial charge < -0.3 is 25.3 Å². The van der Waals surface area contributed by atoms with Crippen molar-refractivity contribution in [3.63, 3.8) is 0 Å². The molecule has 218 valence electrons. The second-order valence-electron chi connectivity index (χ2n) is 11.5. The lowest BCUT2D eigenvalue weighted by Gasteiger charge is -2.38. The average molecular weight is 599 g/mol. The largest absolute Gasteiger partial charge is 0.361 e. The number of imidazole rings is 1. The highest BCUT2D eigenvalue weighted by Crippen LogP contribution is 2.29. The molecule has 2 amide bonds. The number of likely N-dealkylation sites (tertiary alicyclic amines) is 1. The highest BCUT2D eigenvalue weighted by Gasteiger charge is 2.32. The van der Waals surface area contributed by atoms with Gasteiger partial charge in [0.25, 0.3) is 5.91 Å². The summed E-state index contributed by atoms with van der Waals surface area (Å²) < 4.78 is 23.4. The Morgan fingerprint density at radius 3 is 2.68 bits per heavy atom. The molecule has 11 nitrogen and oxygen atoms in total. The van der Waals surface area contributed by atoms with Crippen LogP contribution < -0.4 is 11.1 Å². The Balaban J connectivity index is 1.50. The van der Waals surface area contributed by atoms with E-state index in [0.717, 1.165) is 6.04 Å². The van der Waals surface area contributed by atoms with Gasteiger partial charge in [-0.1, -0.05) is 31.4 Å². The molecule has 3 N–H and O–H groups in total. The molecule has 0 aromatic carbocycles. The standard InChI is InChI=1S/C27H35FN8O3SSi/c1-16(26(38)34-12-18(29)13-34)31-25(37)19-14-35(15-39-8-9-41(3,4)5)24-22(19)32-20(10-30-24)23-21-7-6-17(28)11-36(21)27(33-23)40-2/h6-7,10-11,14,16,18H,8-9,12-13,15,29H2,1-5H3,(H,31,37)/t16-/m1/s1. The zero-order valence-electron chi connectivity index (χ0n) is 23.8. The third kappa shape index (κ3) is 6.15. The van der Waals surface area contributed by atoms with Gasteiger partial charge >= 0.3 is 0 Å². The normalized spacial score (nSPS) is 15.0. The van der Waals surface area contributed by atoms with Gasteiger partial charge in [-0.25, -0.2) is 19.3 Å². The number of nitrogens with zero attached hydrogens (tertiary/aromatic N) is 6. The Labute approximate surface area is 242 Å². The number of hydrogen-bond donors (Lipinski definition) is 2. The molecule has 14 heteroatoms. The summed E-state index contributed by atoms with van der Waals surface area (Å²) >= 11 is 1.38. The van der Waals surface area contributed by atoms with E-state index < -0.39 is 20.0 Å². The number of thioether (sulfide) groups is 1. The van der Waals surface area contributed by atoms with Crippen LogP contribution in [-0.2, 0) is 16.3 Å². The van der Waals surface area contributed by atoms with Crippen LogP contribution in [0.2, 0.25) is 25.7 Å². The minimum Gasteiger partial charge on any atom is -0.361 e. The summed E-state index contributed by atoms with van der Waals surface area (Å²) in [6.45, 7) is 10.2. The summed E-state index contributed by atoms with van der Waals surface area (Å²) in [5.41, 5.74) is 8.53. The molecule has 41 heavy (non-hydrogen) atoms. The maximum absolute atomic E-state index is 14.0. The van der Waals surface area contributed by atoms with Crippen molar-refractivity contribution in [1.29, 1.82) is 0 Å². The number of amides is 2. The van der Waals surface area contributed by atoms with Gasteiger partial charge in [0.2, 0.25) is 5.91 Å². The summed E-state index contributed by atoms with van der Waals surface area (Å²) in [5, 5.41) is 3.41. The highest BCUT2D eigenvalue weighted by molar-refractivity contribution is 7.98. The molecule has 1 atom stereocenters. The van der Waals surface area contributed by atoms with E-state index in [9.17, 15) is 14.0 Å². The van der Waals surface area contributed by atoms with Crippen molar-refractivity contribution in [3.05, 3.63) is 42.1 Å². The van der Waals surface area contributed by atoms with Crippen molar-refractivity contribution in [2.24, 2.45) is 5.73 Å². The summed E-state index contributed by atoms with van der Waals surface area (Å²) in [6.07, 6.45) is 6.49. The van der Waals surface area contributed by atoms with Crippen LogP contribution in [0.3, 0.4) is 0 Å². The van der Waals surface area contributed by atoms with Gasteiger partial charge in [0.1, 0.15) is 35.5 Å². The predicted molar refractivity (Wildman–Crippen MR) is 159 cm³/mol. The van der Waals surface area contributed by atoms with Crippen LogP contribution in [0.5, 0.6) is 0 Å². The lowest BCUT2D eigenvalue weighted by atomic mass is 10.1. The molecule has 0 unspecified atom stereocenters. The van der Waals surface area contributed by atoms with Crippen LogP contribution >= 0.6 is 11.8 Å². The molecule has 5 rings (SSSR count). The number of ether oxygens (including phenoxy) is 1. The van der Waals surface area contributed by atoms with Crippen LogP contribution in [0, 0.1) is 5.82 Å². The molecule has 1 aliphatic rings. The van der Waals surface area contributed by atoms with E-state index in [1.165, 1.54) is 24.0 Å². The van der Waals surface area contributed by atoms with Crippen molar-refractivity contribution in [3.8, 4) is 11.4 Å². The minimum absolute atomic E-state index is 0.0309. The summed E-state index contributed by atoms with van der Waals surface area (Å²) in [4.78, 5) is 42.0. The van der Waals surface area contributed by atoms with Gasteiger partial charge in [-0.3, -0.25) is 14.0 Å². The van der Waals surface area contributed by atoms with E-state index in [1.54, 1.807) is 39.3 Å². The van der Waals surface area contributed by atoms with E-state index in [0.29, 0.717) is 52.9 Å². The predicted octanol–water partition coefficient (Wildman–Crippen LogP) is 3.21. The van der Waals surface area contributed by atoms with Gasteiger partial charge in [-0.05, 0) is 31.4 Å². The fourth-order valence-electron chi connectivity index (χ4n) is 4.64. The van der Waals surface area contributed by atoms with Gasteiger partial charge in [0.05, 0.1) is 17.3 Å². The zero-order valence-corrected chi connectivity index (χ0v) is 25.7. The maximum Gasteiger partial charge on any atom is 0.255 e. The number of hydrogen-bond acceptors (Lipinski definition) is 8. The SMILES string of the molecule is CSc1nc(-c2cnc3c(n2)c(C(=O)N[C@H](C)C(=O)N2CC(N)C2)cn3COCC[Si](C)(C)C)c2ccc(F)cn12. The van der Waals surface area contributed by atoms with Crippen molar-refractivity contribution in [2.45, 2.75) is 56.6 Å². The number of fused-ring (bicyclic) bond motifs is 2. The van der Waals surface area contributed by atoms with E-state index in [1.807, 2.05) is 6.26 Å². The van der Waals surface area contributed by atoms with Gasteiger partial charge in [-0.2, -0.15) is 0 Å². The molecule has 0 saturated carbocycles. The molecular formula is C27H35FN8O3SSi. The van der Waals surface area contributed by atoms with E-state index in [-0.39, 0.29) is 30.1 Å². The average Bonchev–Trinajstić information content (AvgIpc) is 3.45. The molecule has 0 radical (unpaired) electrons. The van der Waals surface area contributed by atoms with E-state index in [2.05, 4.69) is 34.9 Å². The number of aromatic nitrogens is 5. The summed E-state index contributed by atoms with van der Waals surface area (Å²) in [7, 11) is -1.28. The summed E-state index contributed by atoms with van der Waals surface area (Å²) in [6, 6.07) is 3.24. The van der Waals surface area contributed by atoms with Gasteiger partial charge in [-0.15, -0.1) is 0 Å². The second kappa shape index (κ2) is 11.5. The van der Waals surface area contributed by atoms with Crippen LogP contribution in [0.25, 0.3) is 28.1 Å². The van der Waals surface area contributed by atoms with E-state index >= 15 is 0 Å². The lowest BCUT2D eigenvalue weighted by molar-refractivity contribution is -0.137. The Bertz CT molecular complexity index is 1610. The third-order valence-electron chi connectivity index (χ3n) is 6.97. The smallest absolute Gasteiger partial charge is 0.255 e. The third-order valence-corrected chi connectivity index (χ3v) is 9.33. The number of rotatable bonds is 10. The maximum atomic E-state index is 14.0. The Morgan fingerprint density at radius 2 is 2.00 bits per heavy atom. The first kappa shape index (κ1) is 29.2. The van der Waals surface area contributed by atoms with Gasteiger partial charge in [0, 0.05) is 46.2 Å². The van der Waals surface area contributed by atoms with E-state index in [4.69, 9.17) is 15.5 Å². The number of carbonyl (C=O) groups excluding carboxylic acids is 2. The molecule has 0 aliphatic carbocycles. The van der Waals surface area contributed by atoms with Crippen LogP contribution in [0.4, 0.5) is 4.39 Å². The van der Waals surface area contributed by atoms with Crippen LogP contribution in [-0.4, -0.2) is 86.7 Å². The first-order valence-corrected chi connectivity index (χ1v) is 18.4. The highest BCUT2D eigenvalue weighted by atomic mass is 32.2. The monoisotopic (exact) mass is 598 g/mol. The molecule has 1 fully saturated rings. The Morgan fingerprint density at radius 1 is 1.24 bits per heavy atom. The molecule has 1 aliphatic heterocycles. The molecule has 4 aromatic heterocycles. The fraction of sp³-hybridized carbons (Fsp3) is 0.444.